The molecule has 0 aliphatic heterocycles. The van der Waals surface area contributed by atoms with E-state index in [-0.39, 0.29) is 17.1 Å². The minimum atomic E-state index is -3.80. The van der Waals surface area contributed by atoms with Crippen LogP contribution >= 0.6 is 0 Å². The zero-order valence-corrected chi connectivity index (χ0v) is 11.2. The molecule has 0 fully saturated rings. The Bertz CT molecular complexity index is 741. The molecule has 20 heavy (non-hydrogen) atoms. The predicted molar refractivity (Wildman–Crippen MR) is 71.4 cm³/mol. The van der Waals surface area contributed by atoms with Crippen molar-refractivity contribution < 1.29 is 13.2 Å². The van der Waals surface area contributed by atoms with Crippen LogP contribution < -0.4 is 0 Å². The number of hydrogen-bond donors (Lipinski definition) is 0. The molecule has 7 heteroatoms. The van der Waals surface area contributed by atoms with Crippen molar-refractivity contribution in [3.63, 3.8) is 0 Å². The van der Waals surface area contributed by atoms with Crippen LogP contribution in [-0.2, 0) is 10.0 Å². The Kier molecular flexibility index (Phi) is 3.96. The summed E-state index contributed by atoms with van der Waals surface area (Å²) in [5.41, 5.74) is 0.424. The second-order valence-corrected chi connectivity index (χ2v) is 5.66. The highest BCUT2D eigenvalue weighted by Crippen LogP contribution is 2.14. The highest BCUT2D eigenvalue weighted by Gasteiger charge is 2.18. The fraction of sp³-hybridized carbons (Fsp3) is 0.154. The molecule has 0 saturated heterocycles. The van der Waals surface area contributed by atoms with Gasteiger partial charge in [-0.3, -0.25) is 4.79 Å². The Hall–Kier alpha value is -2.46. The standard InChI is InChI=1S/C13H11N3O3S/c1-2-3-4-13(17)11-5-7-12(8-6-11)20(18,19)16-14-9-10-15-16/h1,5-10H,3-4H2. The molecule has 0 bridgehead atoms. The Balaban J connectivity index is 2.25. The van der Waals surface area contributed by atoms with Crippen molar-refractivity contribution in [1.82, 2.24) is 14.4 Å². The molecule has 0 N–H and O–H groups in total. The lowest BCUT2D eigenvalue weighted by atomic mass is 10.1. The van der Waals surface area contributed by atoms with Crippen LogP contribution in [0.2, 0.25) is 0 Å². The fourth-order valence-corrected chi connectivity index (χ4v) is 2.59. The Morgan fingerprint density at radius 1 is 1.20 bits per heavy atom. The average molecular weight is 289 g/mol. The van der Waals surface area contributed by atoms with Crippen molar-refractivity contribution in [1.29, 1.82) is 0 Å². The van der Waals surface area contributed by atoms with E-state index >= 15 is 0 Å². The smallest absolute Gasteiger partial charge is 0.294 e. The molecule has 0 radical (unpaired) electrons. The minimum Gasteiger partial charge on any atom is -0.294 e. The number of terminal acetylenes is 1. The number of ketones is 1. The van der Waals surface area contributed by atoms with E-state index in [1.807, 2.05) is 0 Å². The van der Waals surface area contributed by atoms with Crippen molar-refractivity contribution >= 4 is 15.8 Å². The van der Waals surface area contributed by atoms with E-state index in [0.29, 0.717) is 16.2 Å². The van der Waals surface area contributed by atoms with Crippen LogP contribution in [0.25, 0.3) is 0 Å². The Labute approximate surface area is 116 Å². The highest BCUT2D eigenvalue weighted by molar-refractivity contribution is 7.89. The van der Waals surface area contributed by atoms with Crippen LogP contribution in [0.1, 0.15) is 23.2 Å². The quantitative estimate of drug-likeness (QED) is 0.608. The topological polar surface area (TPSA) is 81.9 Å². The maximum Gasteiger partial charge on any atom is 0.299 e. The molecule has 1 heterocycles. The number of Topliss-reactive ketones (excluding diaryl/α,β-unsaturated/α-hetero) is 1. The van der Waals surface area contributed by atoms with E-state index in [2.05, 4.69) is 16.1 Å². The van der Waals surface area contributed by atoms with Crippen LogP contribution in [0, 0.1) is 12.3 Å². The first kappa shape index (κ1) is 14.0. The van der Waals surface area contributed by atoms with Crippen molar-refractivity contribution in [3.8, 4) is 12.3 Å². The maximum absolute atomic E-state index is 12.1. The molecule has 0 amide bonds. The lowest BCUT2D eigenvalue weighted by Crippen LogP contribution is -2.16. The van der Waals surface area contributed by atoms with Crippen LogP contribution in [0.3, 0.4) is 0 Å². The monoisotopic (exact) mass is 289 g/mol. The summed E-state index contributed by atoms with van der Waals surface area (Å²) in [6, 6.07) is 5.61. The third-order valence-electron chi connectivity index (χ3n) is 2.58. The number of benzene rings is 1. The van der Waals surface area contributed by atoms with E-state index in [0.717, 1.165) is 0 Å². The number of aromatic nitrogens is 3. The van der Waals surface area contributed by atoms with Gasteiger partial charge in [-0.25, -0.2) is 0 Å². The molecule has 2 aromatic rings. The molecular formula is C13H11N3O3S. The number of rotatable bonds is 5. The number of carbonyl (C=O) groups is 1. The molecule has 1 aromatic carbocycles. The van der Waals surface area contributed by atoms with E-state index in [4.69, 9.17) is 6.42 Å². The molecule has 0 saturated carbocycles. The van der Waals surface area contributed by atoms with Gasteiger partial charge >= 0.3 is 0 Å². The molecule has 102 valence electrons. The van der Waals surface area contributed by atoms with Crippen molar-refractivity contribution in [2.75, 3.05) is 0 Å². The van der Waals surface area contributed by atoms with Crippen molar-refractivity contribution in [2.45, 2.75) is 17.7 Å². The minimum absolute atomic E-state index is 0.0159. The van der Waals surface area contributed by atoms with Gasteiger partial charge in [-0.05, 0) is 12.1 Å². The van der Waals surface area contributed by atoms with Gasteiger partial charge in [-0.1, -0.05) is 16.3 Å². The van der Waals surface area contributed by atoms with Gasteiger partial charge in [-0.15, -0.1) is 22.5 Å². The Morgan fingerprint density at radius 2 is 1.80 bits per heavy atom. The lowest BCUT2D eigenvalue weighted by molar-refractivity contribution is 0.0984. The summed E-state index contributed by atoms with van der Waals surface area (Å²) in [5, 5.41) is 7.18. The van der Waals surface area contributed by atoms with Gasteiger partial charge in [0.2, 0.25) is 0 Å². The van der Waals surface area contributed by atoms with Gasteiger partial charge in [0.1, 0.15) is 0 Å². The second kappa shape index (κ2) is 5.67. The molecule has 1 aromatic heterocycles. The molecule has 0 spiro atoms. The molecular weight excluding hydrogens is 278 g/mol. The van der Waals surface area contributed by atoms with E-state index < -0.39 is 10.0 Å². The summed E-state index contributed by atoms with van der Waals surface area (Å²) in [6.07, 6.45) is 8.23. The second-order valence-electron chi connectivity index (χ2n) is 3.91. The summed E-state index contributed by atoms with van der Waals surface area (Å²) >= 11 is 0. The van der Waals surface area contributed by atoms with Crippen LogP contribution in [-0.4, -0.2) is 28.6 Å². The third kappa shape index (κ3) is 2.75. The van der Waals surface area contributed by atoms with Crippen molar-refractivity contribution in [2.24, 2.45) is 0 Å². The fourth-order valence-electron chi connectivity index (χ4n) is 1.56. The summed E-state index contributed by atoms with van der Waals surface area (Å²) in [5.74, 6) is 2.26. The van der Waals surface area contributed by atoms with E-state index in [9.17, 15) is 13.2 Å². The number of carbonyl (C=O) groups excluding carboxylic acids is 1. The molecule has 0 unspecified atom stereocenters. The summed E-state index contributed by atoms with van der Waals surface area (Å²) in [7, 11) is -3.80. The molecule has 0 aliphatic rings. The number of hydrogen-bond acceptors (Lipinski definition) is 5. The lowest BCUT2D eigenvalue weighted by Gasteiger charge is -2.04. The first-order valence-electron chi connectivity index (χ1n) is 5.74. The highest BCUT2D eigenvalue weighted by atomic mass is 32.2. The first-order chi connectivity index (χ1) is 9.55. The zero-order valence-electron chi connectivity index (χ0n) is 10.4. The van der Waals surface area contributed by atoms with Gasteiger partial charge in [0, 0.05) is 18.4 Å². The van der Waals surface area contributed by atoms with Gasteiger partial charge in [0.15, 0.2) is 5.78 Å². The van der Waals surface area contributed by atoms with Gasteiger partial charge < -0.3 is 0 Å². The molecule has 0 aliphatic carbocycles. The molecule has 6 nitrogen and oxygen atoms in total. The van der Waals surface area contributed by atoms with Gasteiger partial charge in [0.05, 0.1) is 17.3 Å². The maximum atomic E-state index is 12.1. The van der Waals surface area contributed by atoms with Gasteiger partial charge in [-0.2, -0.15) is 8.42 Å². The molecule has 0 atom stereocenters. The van der Waals surface area contributed by atoms with Crippen LogP contribution in [0.4, 0.5) is 0 Å². The SMILES string of the molecule is C#CCCC(=O)c1ccc(S(=O)(=O)n2nccn2)cc1. The largest absolute Gasteiger partial charge is 0.299 e. The van der Waals surface area contributed by atoms with Crippen LogP contribution in [0.5, 0.6) is 0 Å². The summed E-state index contributed by atoms with van der Waals surface area (Å²) in [4.78, 5) is 11.7. The van der Waals surface area contributed by atoms with Crippen molar-refractivity contribution in [3.05, 3.63) is 42.2 Å². The normalized spacial score (nSPS) is 10.9. The first-order valence-corrected chi connectivity index (χ1v) is 7.18. The number of nitrogens with zero attached hydrogens (tertiary/aromatic N) is 3. The Morgan fingerprint density at radius 3 is 2.35 bits per heavy atom. The predicted octanol–water partition coefficient (Wildman–Crippen LogP) is 1.11. The van der Waals surface area contributed by atoms with Crippen LogP contribution in [0.15, 0.2) is 41.6 Å². The van der Waals surface area contributed by atoms with Gasteiger partial charge in [0.25, 0.3) is 10.0 Å². The van der Waals surface area contributed by atoms with E-state index in [1.165, 1.54) is 36.7 Å². The summed E-state index contributed by atoms with van der Waals surface area (Å²) < 4.78 is 24.8. The molecule has 2 rings (SSSR count). The third-order valence-corrected chi connectivity index (χ3v) is 4.07. The average Bonchev–Trinajstić information content (AvgIpc) is 3.00. The van der Waals surface area contributed by atoms with E-state index in [1.54, 1.807) is 0 Å². The summed E-state index contributed by atoms with van der Waals surface area (Å²) in [6.45, 7) is 0. The zero-order chi connectivity index (χ0) is 14.6.